The van der Waals surface area contributed by atoms with Gasteiger partial charge < -0.3 is 10.2 Å². The van der Waals surface area contributed by atoms with Gasteiger partial charge in [0, 0.05) is 26.2 Å². The Balaban J connectivity index is 4.44. The molecule has 0 amide bonds. The van der Waals surface area contributed by atoms with E-state index < -0.39 is 12.5 Å². The molecule has 20 heavy (non-hydrogen) atoms. The first-order chi connectivity index (χ1) is 9.60. The highest BCUT2D eigenvalue weighted by molar-refractivity contribution is 4.79. The Morgan fingerprint density at radius 3 is 1.45 bits per heavy atom. The fraction of sp³-hybridized carbons (Fsp3) is 0.750. The second-order valence-corrected chi connectivity index (χ2v) is 5.11. The van der Waals surface area contributed by atoms with E-state index in [1.54, 1.807) is 12.2 Å². The van der Waals surface area contributed by atoms with Gasteiger partial charge in [-0.3, -0.25) is 9.80 Å². The molecule has 0 radical (unpaired) electrons. The van der Waals surface area contributed by atoms with E-state index in [9.17, 15) is 10.2 Å². The van der Waals surface area contributed by atoms with Crippen molar-refractivity contribution in [2.24, 2.45) is 0 Å². The number of aliphatic hydroxyl groups excluding tert-OH is 2. The molecule has 0 aromatic heterocycles. The predicted molar refractivity (Wildman–Crippen MR) is 85.4 cm³/mol. The summed E-state index contributed by atoms with van der Waals surface area (Å²) < 4.78 is 0. The molecule has 0 bridgehead atoms. The van der Waals surface area contributed by atoms with E-state index in [0.717, 1.165) is 25.7 Å². The SMILES string of the molecule is C=CCN(CCN(CC=C)C(O)CCC)C(O)CCC. The first kappa shape index (κ1) is 19.3. The Bertz CT molecular complexity index is 233. The number of aliphatic hydroxyl groups is 2. The van der Waals surface area contributed by atoms with Gasteiger partial charge in [-0.2, -0.15) is 0 Å². The summed E-state index contributed by atoms with van der Waals surface area (Å²) in [5.41, 5.74) is 0. The Kier molecular flexibility index (Phi) is 11.7. The summed E-state index contributed by atoms with van der Waals surface area (Å²) in [6.07, 6.45) is 6.14. The van der Waals surface area contributed by atoms with E-state index >= 15 is 0 Å². The smallest absolute Gasteiger partial charge is 0.107 e. The van der Waals surface area contributed by atoms with Crippen LogP contribution >= 0.6 is 0 Å². The molecule has 0 aliphatic rings. The molecule has 4 heteroatoms. The molecule has 2 unspecified atom stereocenters. The highest BCUT2D eigenvalue weighted by Gasteiger charge is 2.17. The Hall–Kier alpha value is -0.680. The largest absolute Gasteiger partial charge is 0.378 e. The van der Waals surface area contributed by atoms with Crippen LogP contribution in [0.5, 0.6) is 0 Å². The van der Waals surface area contributed by atoms with Crippen molar-refractivity contribution in [3.8, 4) is 0 Å². The molecule has 0 fully saturated rings. The van der Waals surface area contributed by atoms with Crippen LogP contribution in [0.3, 0.4) is 0 Å². The summed E-state index contributed by atoms with van der Waals surface area (Å²) in [5, 5.41) is 20.2. The van der Waals surface area contributed by atoms with Crippen LogP contribution in [0.15, 0.2) is 25.3 Å². The van der Waals surface area contributed by atoms with E-state index in [1.807, 2.05) is 9.80 Å². The van der Waals surface area contributed by atoms with Crippen molar-refractivity contribution in [2.75, 3.05) is 26.2 Å². The summed E-state index contributed by atoms with van der Waals surface area (Å²) in [7, 11) is 0. The Morgan fingerprint density at radius 1 is 0.850 bits per heavy atom. The standard InChI is InChI=1S/C16H32N2O2/c1-5-9-15(19)17(11-7-3)13-14-18(12-8-4)16(20)10-6-2/h7-8,15-16,19-20H,3-6,9-14H2,1-2H3. The summed E-state index contributed by atoms with van der Waals surface area (Å²) >= 11 is 0. The molecule has 0 spiro atoms. The van der Waals surface area contributed by atoms with Gasteiger partial charge in [0.15, 0.2) is 0 Å². The van der Waals surface area contributed by atoms with Gasteiger partial charge >= 0.3 is 0 Å². The van der Waals surface area contributed by atoms with Crippen molar-refractivity contribution in [3.05, 3.63) is 25.3 Å². The molecule has 118 valence electrons. The van der Waals surface area contributed by atoms with Gasteiger partial charge in [-0.25, -0.2) is 0 Å². The topological polar surface area (TPSA) is 46.9 Å². The summed E-state index contributed by atoms with van der Waals surface area (Å²) in [5.74, 6) is 0. The fourth-order valence-corrected chi connectivity index (χ4v) is 2.19. The van der Waals surface area contributed by atoms with E-state index in [2.05, 4.69) is 27.0 Å². The first-order valence-corrected chi connectivity index (χ1v) is 7.66. The van der Waals surface area contributed by atoms with Crippen molar-refractivity contribution in [1.29, 1.82) is 0 Å². The van der Waals surface area contributed by atoms with Crippen LogP contribution in [0, 0.1) is 0 Å². The highest BCUT2D eigenvalue weighted by Crippen LogP contribution is 2.08. The molecule has 0 saturated heterocycles. The average Bonchev–Trinajstić information content (AvgIpc) is 2.42. The van der Waals surface area contributed by atoms with E-state index in [1.165, 1.54) is 0 Å². The summed E-state index contributed by atoms with van der Waals surface area (Å²) in [6, 6.07) is 0. The summed E-state index contributed by atoms with van der Waals surface area (Å²) in [4.78, 5) is 3.98. The molecule has 0 rings (SSSR count). The molecule has 0 aliphatic heterocycles. The van der Waals surface area contributed by atoms with E-state index in [4.69, 9.17) is 0 Å². The van der Waals surface area contributed by atoms with Crippen LogP contribution in [0.25, 0.3) is 0 Å². The highest BCUT2D eigenvalue weighted by atomic mass is 16.3. The van der Waals surface area contributed by atoms with Crippen molar-refractivity contribution in [2.45, 2.75) is 52.0 Å². The zero-order valence-corrected chi connectivity index (χ0v) is 13.2. The van der Waals surface area contributed by atoms with Crippen molar-refractivity contribution in [3.63, 3.8) is 0 Å². The molecular formula is C16H32N2O2. The fourth-order valence-electron chi connectivity index (χ4n) is 2.19. The lowest BCUT2D eigenvalue weighted by atomic mass is 10.2. The minimum atomic E-state index is -0.438. The summed E-state index contributed by atoms with van der Waals surface area (Å²) in [6.45, 7) is 14.3. The second kappa shape index (κ2) is 12.1. The number of rotatable bonds is 13. The zero-order chi connectivity index (χ0) is 15.4. The van der Waals surface area contributed by atoms with Crippen LogP contribution in [0.1, 0.15) is 39.5 Å². The third-order valence-corrected chi connectivity index (χ3v) is 3.34. The molecule has 0 saturated carbocycles. The molecule has 0 heterocycles. The predicted octanol–water partition coefficient (Wildman–Crippen LogP) is 2.20. The maximum atomic E-state index is 10.1. The quantitative estimate of drug-likeness (QED) is 0.402. The molecule has 0 aromatic carbocycles. The van der Waals surface area contributed by atoms with Gasteiger partial charge in [-0.05, 0) is 12.8 Å². The van der Waals surface area contributed by atoms with Crippen LogP contribution in [0.4, 0.5) is 0 Å². The van der Waals surface area contributed by atoms with Crippen LogP contribution in [-0.2, 0) is 0 Å². The molecule has 2 atom stereocenters. The normalized spacial score (nSPS) is 14.5. The second-order valence-electron chi connectivity index (χ2n) is 5.11. The Labute approximate surface area is 124 Å². The maximum Gasteiger partial charge on any atom is 0.107 e. The van der Waals surface area contributed by atoms with Crippen molar-refractivity contribution >= 4 is 0 Å². The lowest BCUT2D eigenvalue weighted by Crippen LogP contribution is -2.44. The van der Waals surface area contributed by atoms with Gasteiger partial charge in [0.2, 0.25) is 0 Å². The lowest BCUT2D eigenvalue weighted by Gasteiger charge is -2.32. The van der Waals surface area contributed by atoms with Crippen molar-refractivity contribution < 1.29 is 10.2 Å². The number of nitrogens with zero attached hydrogens (tertiary/aromatic N) is 2. The Morgan fingerprint density at radius 2 is 1.20 bits per heavy atom. The van der Waals surface area contributed by atoms with Gasteiger partial charge in [0.05, 0.1) is 0 Å². The third kappa shape index (κ3) is 7.80. The molecular weight excluding hydrogens is 252 g/mol. The van der Waals surface area contributed by atoms with Gasteiger partial charge in [-0.15, -0.1) is 13.2 Å². The maximum absolute atomic E-state index is 10.1. The van der Waals surface area contributed by atoms with Crippen molar-refractivity contribution in [1.82, 2.24) is 9.80 Å². The van der Waals surface area contributed by atoms with Crippen LogP contribution in [0.2, 0.25) is 0 Å². The molecule has 0 aromatic rings. The molecule has 2 N–H and O–H groups in total. The monoisotopic (exact) mass is 284 g/mol. The molecule has 4 nitrogen and oxygen atoms in total. The number of hydrogen-bond acceptors (Lipinski definition) is 4. The minimum Gasteiger partial charge on any atom is -0.378 e. The lowest BCUT2D eigenvalue weighted by molar-refractivity contribution is -0.0286. The van der Waals surface area contributed by atoms with E-state index in [0.29, 0.717) is 26.2 Å². The van der Waals surface area contributed by atoms with Gasteiger partial charge in [0.1, 0.15) is 12.5 Å². The molecule has 0 aliphatic carbocycles. The third-order valence-electron chi connectivity index (χ3n) is 3.34. The first-order valence-electron chi connectivity index (χ1n) is 7.66. The van der Waals surface area contributed by atoms with Gasteiger partial charge in [0.25, 0.3) is 0 Å². The zero-order valence-electron chi connectivity index (χ0n) is 13.2. The van der Waals surface area contributed by atoms with Gasteiger partial charge in [-0.1, -0.05) is 38.8 Å². The van der Waals surface area contributed by atoms with Crippen LogP contribution < -0.4 is 0 Å². The number of hydrogen-bond donors (Lipinski definition) is 2. The minimum absolute atomic E-state index is 0.438. The average molecular weight is 284 g/mol. The van der Waals surface area contributed by atoms with Crippen LogP contribution in [-0.4, -0.2) is 58.6 Å². The van der Waals surface area contributed by atoms with E-state index in [-0.39, 0.29) is 0 Å².